The number of aryl methyl sites for hydroxylation is 1. The van der Waals surface area contributed by atoms with Crippen molar-refractivity contribution in [3.63, 3.8) is 0 Å². The summed E-state index contributed by atoms with van der Waals surface area (Å²) in [5.41, 5.74) is 5.74. The Balaban J connectivity index is 0.00000208. The maximum atomic E-state index is 12.0. The lowest BCUT2D eigenvalue weighted by molar-refractivity contribution is -0.122. The molecule has 2 aromatic heterocycles. The second-order valence-electron chi connectivity index (χ2n) is 5.94. The van der Waals surface area contributed by atoms with Crippen molar-refractivity contribution < 1.29 is 9.32 Å². The van der Waals surface area contributed by atoms with E-state index < -0.39 is 0 Å². The van der Waals surface area contributed by atoms with E-state index in [1.807, 2.05) is 17.5 Å². The number of carbonyl (C=O) groups is 1. The predicted molar refractivity (Wildman–Crippen MR) is 96.1 cm³/mol. The summed E-state index contributed by atoms with van der Waals surface area (Å²) in [6.45, 7) is 0.651. The number of hydrogen-bond donors (Lipinski definition) is 2. The first-order chi connectivity index (χ1) is 11.3. The van der Waals surface area contributed by atoms with Gasteiger partial charge in [-0.05, 0) is 43.2 Å². The van der Waals surface area contributed by atoms with Crippen molar-refractivity contribution in [2.24, 2.45) is 11.7 Å². The molecule has 0 saturated heterocycles. The Hall–Kier alpha value is -1.44. The van der Waals surface area contributed by atoms with Gasteiger partial charge in [0.05, 0.1) is 4.88 Å². The maximum Gasteiger partial charge on any atom is 0.226 e. The average molecular weight is 371 g/mol. The largest absolute Gasteiger partial charge is 0.353 e. The molecule has 2 atom stereocenters. The summed E-state index contributed by atoms with van der Waals surface area (Å²) in [6, 6.07) is 4.17. The fourth-order valence-electron chi connectivity index (χ4n) is 3.05. The fourth-order valence-corrected chi connectivity index (χ4v) is 3.70. The van der Waals surface area contributed by atoms with E-state index in [1.54, 1.807) is 11.3 Å². The third kappa shape index (κ3) is 4.78. The van der Waals surface area contributed by atoms with Gasteiger partial charge in [-0.15, -0.1) is 23.7 Å². The number of hydrogen-bond acceptors (Lipinski definition) is 6. The third-order valence-electron chi connectivity index (χ3n) is 4.31. The van der Waals surface area contributed by atoms with Crippen LogP contribution >= 0.6 is 23.7 Å². The SMILES string of the molecule is Cl.NCC1CCCC1NC(=O)CCCc1nc(-c2cccs2)no1. The molecule has 8 heteroatoms. The zero-order valence-electron chi connectivity index (χ0n) is 13.4. The van der Waals surface area contributed by atoms with Crippen LogP contribution in [0.5, 0.6) is 0 Å². The minimum atomic E-state index is 0. The van der Waals surface area contributed by atoms with Crippen LogP contribution in [0.1, 0.15) is 38.0 Å². The molecule has 132 valence electrons. The number of rotatable bonds is 7. The number of amides is 1. The molecule has 0 aromatic carbocycles. The molecule has 1 saturated carbocycles. The van der Waals surface area contributed by atoms with Gasteiger partial charge in [-0.25, -0.2) is 0 Å². The molecule has 1 amide bonds. The van der Waals surface area contributed by atoms with Gasteiger partial charge in [0.2, 0.25) is 17.6 Å². The van der Waals surface area contributed by atoms with Crippen molar-refractivity contribution in [1.29, 1.82) is 0 Å². The lowest BCUT2D eigenvalue weighted by Gasteiger charge is -2.19. The summed E-state index contributed by atoms with van der Waals surface area (Å²) >= 11 is 1.58. The van der Waals surface area contributed by atoms with Gasteiger partial charge in [0, 0.05) is 18.9 Å². The van der Waals surface area contributed by atoms with E-state index in [0.717, 1.165) is 24.1 Å². The maximum absolute atomic E-state index is 12.0. The molecule has 3 rings (SSSR count). The highest BCUT2D eigenvalue weighted by Crippen LogP contribution is 2.25. The molecule has 0 spiro atoms. The van der Waals surface area contributed by atoms with Gasteiger partial charge in [0.1, 0.15) is 0 Å². The smallest absolute Gasteiger partial charge is 0.226 e. The third-order valence-corrected chi connectivity index (χ3v) is 5.18. The van der Waals surface area contributed by atoms with Gasteiger partial charge in [-0.1, -0.05) is 17.6 Å². The lowest BCUT2D eigenvalue weighted by Crippen LogP contribution is -2.39. The molecule has 24 heavy (non-hydrogen) atoms. The summed E-state index contributed by atoms with van der Waals surface area (Å²) in [6.07, 6.45) is 5.12. The van der Waals surface area contributed by atoms with Crippen LogP contribution < -0.4 is 11.1 Å². The first-order valence-corrected chi connectivity index (χ1v) is 9.00. The summed E-state index contributed by atoms with van der Waals surface area (Å²) < 4.78 is 5.24. The number of carbonyl (C=O) groups excluding carboxylic acids is 1. The number of aromatic nitrogens is 2. The molecule has 1 aliphatic rings. The molecule has 2 aromatic rings. The molecule has 0 radical (unpaired) electrons. The predicted octanol–water partition coefficient (Wildman–Crippen LogP) is 2.79. The van der Waals surface area contributed by atoms with E-state index in [9.17, 15) is 4.79 Å². The van der Waals surface area contributed by atoms with Crippen LogP contribution in [0.2, 0.25) is 0 Å². The minimum Gasteiger partial charge on any atom is -0.353 e. The second kappa shape index (κ2) is 9.15. The number of halogens is 1. The lowest BCUT2D eigenvalue weighted by atomic mass is 10.0. The Kier molecular flexibility index (Phi) is 7.20. The van der Waals surface area contributed by atoms with Gasteiger partial charge in [-0.2, -0.15) is 4.98 Å². The van der Waals surface area contributed by atoms with E-state index in [-0.39, 0.29) is 24.4 Å². The molecule has 1 fully saturated rings. The van der Waals surface area contributed by atoms with E-state index >= 15 is 0 Å². The molecule has 2 heterocycles. The zero-order valence-corrected chi connectivity index (χ0v) is 15.1. The normalized spacial score (nSPS) is 19.9. The van der Waals surface area contributed by atoms with Crippen LogP contribution in [0.3, 0.4) is 0 Å². The Morgan fingerprint density at radius 2 is 2.33 bits per heavy atom. The first-order valence-electron chi connectivity index (χ1n) is 8.12. The highest BCUT2D eigenvalue weighted by Gasteiger charge is 2.27. The monoisotopic (exact) mass is 370 g/mol. The van der Waals surface area contributed by atoms with Crippen LogP contribution in [0.4, 0.5) is 0 Å². The summed E-state index contributed by atoms with van der Waals surface area (Å²) in [5, 5.41) is 9.06. The van der Waals surface area contributed by atoms with Gasteiger partial charge >= 0.3 is 0 Å². The van der Waals surface area contributed by atoms with Crippen molar-refractivity contribution in [3.8, 4) is 10.7 Å². The second-order valence-corrected chi connectivity index (χ2v) is 6.89. The molecule has 3 N–H and O–H groups in total. The Morgan fingerprint density at radius 3 is 3.08 bits per heavy atom. The fraction of sp³-hybridized carbons (Fsp3) is 0.562. The Morgan fingerprint density at radius 1 is 1.46 bits per heavy atom. The van der Waals surface area contributed by atoms with E-state index in [0.29, 0.717) is 43.4 Å². The van der Waals surface area contributed by atoms with Gasteiger partial charge < -0.3 is 15.6 Å². The van der Waals surface area contributed by atoms with Crippen molar-refractivity contribution in [3.05, 3.63) is 23.4 Å². The van der Waals surface area contributed by atoms with Crippen LogP contribution in [0, 0.1) is 5.92 Å². The van der Waals surface area contributed by atoms with E-state index in [1.165, 1.54) is 0 Å². The van der Waals surface area contributed by atoms with Crippen LogP contribution in [0.15, 0.2) is 22.0 Å². The van der Waals surface area contributed by atoms with Gasteiger partial charge in [-0.3, -0.25) is 4.79 Å². The Labute approximate surface area is 151 Å². The molecular formula is C16H23ClN4O2S. The minimum absolute atomic E-state index is 0. The van der Waals surface area contributed by atoms with Crippen molar-refractivity contribution in [1.82, 2.24) is 15.5 Å². The molecule has 0 aliphatic heterocycles. The quantitative estimate of drug-likeness (QED) is 0.781. The summed E-state index contributed by atoms with van der Waals surface area (Å²) in [4.78, 5) is 17.4. The van der Waals surface area contributed by atoms with Crippen LogP contribution in [0.25, 0.3) is 10.7 Å². The van der Waals surface area contributed by atoms with Crippen molar-refractivity contribution >= 4 is 29.7 Å². The number of nitrogens with zero attached hydrogens (tertiary/aromatic N) is 2. The standard InChI is InChI=1S/C16H22N4O2S.ClH/c17-10-11-4-1-5-12(11)18-14(21)7-2-8-15-19-16(20-22-15)13-6-3-9-23-13;/h3,6,9,11-12H,1-2,4-5,7-8,10,17H2,(H,18,21);1H. The topological polar surface area (TPSA) is 94.0 Å². The number of nitrogens with two attached hydrogens (primary N) is 1. The number of nitrogens with one attached hydrogen (secondary N) is 1. The molecule has 0 bridgehead atoms. The average Bonchev–Trinajstić information content (AvgIpc) is 3.28. The van der Waals surface area contributed by atoms with Crippen LogP contribution in [-0.4, -0.2) is 28.6 Å². The summed E-state index contributed by atoms with van der Waals surface area (Å²) in [7, 11) is 0. The highest BCUT2D eigenvalue weighted by molar-refractivity contribution is 7.13. The van der Waals surface area contributed by atoms with Gasteiger partial charge in [0.25, 0.3) is 0 Å². The Bertz CT molecular complexity index is 632. The van der Waals surface area contributed by atoms with Crippen LogP contribution in [-0.2, 0) is 11.2 Å². The van der Waals surface area contributed by atoms with E-state index in [4.69, 9.17) is 10.3 Å². The van der Waals surface area contributed by atoms with Crippen molar-refractivity contribution in [2.75, 3.05) is 6.54 Å². The molecule has 1 aliphatic carbocycles. The highest BCUT2D eigenvalue weighted by atomic mass is 35.5. The molecular weight excluding hydrogens is 348 g/mol. The molecule has 2 unspecified atom stereocenters. The number of thiophene rings is 1. The van der Waals surface area contributed by atoms with E-state index in [2.05, 4.69) is 15.5 Å². The van der Waals surface area contributed by atoms with Gasteiger partial charge in [0.15, 0.2) is 0 Å². The zero-order chi connectivity index (χ0) is 16.1. The first kappa shape index (κ1) is 18.9. The molecule has 6 nitrogen and oxygen atoms in total. The van der Waals surface area contributed by atoms with Crippen molar-refractivity contribution in [2.45, 2.75) is 44.6 Å². The summed E-state index contributed by atoms with van der Waals surface area (Å²) in [5.74, 6) is 1.73.